The molecule has 0 aromatic carbocycles. The first-order chi connectivity index (χ1) is 7.59. The van der Waals surface area contributed by atoms with Gasteiger partial charge in [-0.15, -0.1) is 0 Å². The minimum atomic E-state index is 0.210. The van der Waals surface area contributed by atoms with Crippen molar-refractivity contribution in [3.05, 3.63) is 21.2 Å². The minimum absolute atomic E-state index is 0.210. The summed E-state index contributed by atoms with van der Waals surface area (Å²) in [7, 11) is 0. The Morgan fingerprint density at radius 3 is 2.56 bits per heavy atom. The lowest BCUT2D eigenvalue weighted by Gasteiger charge is -2.35. The lowest BCUT2D eigenvalue weighted by molar-refractivity contribution is 0.348. The second kappa shape index (κ2) is 5.05. The number of nitrogens with zero attached hydrogens (tertiary/aromatic N) is 1. The summed E-state index contributed by atoms with van der Waals surface area (Å²) >= 11 is 6.96. The number of pyridine rings is 1. The van der Waals surface area contributed by atoms with E-state index in [2.05, 4.69) is 49.1 Å². The Balaban J connectivity index is 2.13. The van der Waals surface area contributed by atoms with Crippen LogP contribution in [0, 0.1) is 0 Å². The van der Waals surface area contributed by atoms with Crippen LogP contribution in [0.4, 0.5) is 5.82 Å². The average molecular weight is 348 g/mol. The van der Waals surface area contributed by atoms with Crippen LogP contribution in [0.3, 0.4) is 0 Å². The van der Waals surface area contributed by atoms with E-state index < -0.39 is 0 Å². The topological polar surface area (TPSA) is 24.9 Å². The standard InChI is InChI=1S/C12H16Br2N2/c1-12(5-3-2-4-6-12)16-11-10(14)7-9(13)8-15-11/h7-8H,2-6H2,1H3,(H,15,16). The van der Waals surface area contributed by atoms with E-state index in [0.29, 0.717) is 0 Å². The smallest absolute Gasteiger partial charge is 0.140 e. The van der Waals surface area contributed by atoms with Gasteiger partial charge in [-0.25, -0.2) is 4.98 Å². The molecule has 0 aliphatic heterocycles. The van der Waals surface area contributed by atoms with Gasteiger partial charge in [0.2, 0.25) is 0 Å². The van der Waals surface area contributed by atoms with E-state index in [1.165, 1.54) is 32.1 Å². The van der Waals surface area contributed by atoms with Crippen LogP contribution < -0.4 is 5.32 Å². The zero-order valence-electron chi connectivity index (χ0n) is 9.39. The van der Waals surface area contributed by atoms with Gasteiger partial charge < -0.3 is 5.32 Å². The van der Waals surface area contributed by atoms with E-state index in [0.717, 1.165) is 14.8 Å². The number of anilines is 1. The lowest BCUT2D eigenvalue weighted by Crippen LogP contribution is -2.37. The first-order valence-corrected chi connectivity index (χ1v) is 7.27. The molecule has 0 unspecified atom stereocenters. The van der Waals surface area contributed by atoms with Crippen LogP contribution in [0.2, 0.25) is 0 Å². The third-order valence-corrected chi connectivity index (χ3v) is 4.22. The summed E-state index contributed by atoms with van der Waals surface area (Å²) in [4.78, 5) is 4.41. The van der Waals surface area contributed by atoms with Gasteiger partial charge in [0, 0.05) is 16.2 Å². The van der Waals surface area contributed by atoms with Gasteiger partial charge in [0.05, 0.1) is 4.47 Å². The second-order valence-electron chi connectivity index (χ2n) is 4.73. The third kappa shape index (κ3) is 2.98. The summed E-state index contributed by atoms with van der Waals surface area (Å²) in [5.74, 6) is 0.951. The van der Waals surface area contributed by atoms with E-state index in [1.54, 1.807) is 0 Å². The number of hydrogen-bond acceptors (Lipinski definition) is 2. The fourth-order valence-corrected chi connectivity index (χ4v) is 3.34. The number of nitrogens with one attached hydrogen (secondary N) is 1. The molecular weight excluding hydrogens is 332 g/mol. The Morgan fingerprint density at radius 1 is 1.25 bits per heavy atom. The van der Waals surface area contributed by atoms with Gasteiger partial charge in [-0.3, -0.25) is 0 Å². The van der Waals surface area contributed by atoms with Gasteiger partial charge in [-0.1, -0.05) is 19.3 Å². The molecule has 88 valence electrons. The highest BCUT2D eigenvalue weighted by molar-refractivity contribution is 9.11. The van der Waals surface area contributed by atoms with Crippen molar-refractivity contribution < 1.29 is 0 Å². The molecule has 0 radical (unpaired) electrons. The van der Waals surface area contributed by atoms with Crippen molar-refractivity contribution in [3.63, 3.8) is 0 Å². The lowest BCUT2D eigenvalue weighted by atomic mass is 9.83. The highest BCUT2D eigenvalue weighted by atomic mass is 79.9. The molecule has 1 aromatic rings. The molecule has 2 rings (SSSR count). The van der Waals surface area contributed by atoms with E-state index in [4.69, 9.17) is 0 Å². The van der Waals surface area contributed by atoms with Gasteiger partial charge in [-0.2, -0.15) is 0 Å². The Bertz CT molecular complexity index is 373. The van der Waals surface area contributed by atoms with Crippen LogP contribution in [-0.2, 0) is 0 Å². The minimum Gasteiger partial charge on any atom is -0.364 e. The van der Waals surface area contributed by atoms with Crippen molar-refractivity contribution in [3.8, 4) is 0 Å². The fraction of sp³-hybridized carbons (Fsp3) is 0.583. The number of rotatable bonds is 2. The van der Waals surface area contributed by atoms with Crippen LogP contribution in [0.1, 0.15) is 39.0 Å². The summed E-state index contributed by atoms with van der Waals surface area (Å²) in [6.07, 6.45) is 8.30. The normalized spacial score (nSPS) is 19.4. The molecule has 1 aliphatic rings. The van der Waals surface area contributed by atoms with Gasteiger partial charge in [0.15, 0.2) is 0 Å². The third-order valence-electron chi connectivity index (χ3n) is 3.19. The maximum atomic E-state index is 4.41. The molecular formula is C12H16Br2N2. The summed E-state index contributed by atoms with van der Waals surface area (Å²) in [5, 5.41) is 3.57. The fourth-order valence-electron chi connectivity index (χ4n) is 2.25. The summed E-state index contributed by atoms with van der Waals surface area (Å²) in [6, 6.07) is 2.03. The van der Waals surface area contributed by atoms with Crippen LogP contribution in [0.5, 0.6) is 0 Å². The van der Waals surface area contributed by atoms with Gasteiger partial charge in [0.25, 0.3) is 0 Å². The number of hydrogen-bond donors (Lipinski definition) is 1. The molecule has 1 heterocycles. The Kier molecular flexibility index (Phi) is 3.90. The van der Waals surface area contributed by atoms with Gasteiger partial charge in [0.1, 0.15) is 5.82 Å². The predicted molar refractivity (Wildman–Crippen MR) is 74.7 cm³/mol. The molecule has 1 aliphatic carbocycles. The second-order valence-corrected chi connectivity index (χ2v) is 6.50. The van der Waals surface area contributed by atoms with Crippen LogP contribution in [0.25, 0.3) is 0 Å². The molecule has 2 nitrogen and oxygen atoms in total. The Morgan fingerprint density at radius 2 is 1.94 bits per heavy atom. The van der Waals surface area contributed by atoms with Crippen LogP contribution >= 0.6 is 31.9 Å². The molecule has 0 atom stereocenters. The van der Waals surface area contributed by atoms with Gasteiger partial charge in [-0.05, 0) is 57.7 Å². The van der Waals surface area contributed by atoms with E-state index in [9.17, 15) is 0 Å². The highest BCUT2D eigenvalue weighted by Crippen LogP contribution is 2.33. The Hall–Kier alpha value is -0.0900. The molecule has 0 spiro atoms. The van der Waals surface area contributed by atoms with Crippen molar-refractivity contribution in [2.45, 2.75) is 44.6 Å². The van der Waals surface area contributed by atoms with Crippen molar-refractivity contribution in [1.29, 1.82) is 0 Å². The average Bonchev–Trinajstić information content (AvgIpc) is 2.23. The first kappa shape index (κ1) is 12.4. The van der Waals surface area contributed by atoms with E-state index in [1.807, 2.05) is 12.3 Å². The molecule has 0 bridgehead atoms. The van der Waals surface area contributed by atoms with Crippen LogP contribution in [0.15, 0.2) is 21.2 Å². The van der Waals surface area contributed by atoms with E-state index in [-0.39, 0.29) is 5.54 Å². The summed E-state index contributed by atoms with van der Waals surface area (Å²) < 4.78 is 2.02. The first-order valence-electron chi connectivity index (χ1n) is 5.68. The number of aromatic nitrogens is 1. The molecule has 0 saturated heterocycles. The van der Waals surface area contributed by atoms with E-state index >= 15 is 0 Å². The maximum Gasteiger partial charge on any atom is 0.140 e. The molecule has 16 heavy (non-hydrogen) atoms. The SMILES string of the molecule is CC1(Nc2ncc(Br)cc2Br)CCCCC1. The van der Waals surface area contributed by atoms with Crippen molar-refractivity contribution in [2.24, 2.45) is 0 Å². The molecule has 4 heteroatoms. The largest absolute Gasteiger partial charge is 0.364 e. The zero-order valence-corrected chi connectivity index (χ0v) is 12.6. The van der Waals surface area contributed by atoms with Crippen molar-refractivity contribution >= 4 is 37.7 Å². The zero-order chi connectivity index (χ0) is 11.6. The maximum absolute atomic E-state index is 4.41. The quantitative estimate of drug-likeness (QED) is 0.835. The Labute approximate surface area is 113 Å². The molecule has 0 amide bonds. The van der Waals surface area contributed by atoms with Crippen LogP contribution in [-0.4, -0.2) is 10.5 Å². The van der Waals surface area contributed by atoms with Gasteiger partial charge >= 0.3 is 0 Å². The molecule has 1 N–H and O–H groups in total. The number of halogens is 2. The molecule has 1 saturated carbocycles. The van der Waals surface area contributed by atoms with Crippen molar-refractivity contribution in [2.75, 3.05) is 5.32 Å². The molecule has 1 aromatic heterocycles. The highest BCUT2D eigenvalue weighted by Gasteiger charge is 2.27. The molecule has 1 fully saturated rings. The monoisotopic (exact) mass is 346 g/mol. The predicted octanol–water partition coefficient (Wildman–Crippen LogP) is 4.74. The van der Waals surface area contributed by atoms with Crippen molar-refractivity contribution in [1.82, 2.24) is 4.98 Å². The summed E-state index contributed by atoms with van der Waals surface area (Å²) in [6.45, 7) is 2.29. The summed E-state index contributed by atoms with van der Waals surface area (Å²) in [5.41, 5.74) is 0.210.